The first kappa shape index (κ1) is 21.1. The average molecular weight is 443 g/mol. The third kappa shape index (κ3) is 4.31. The minimum Gasteiger partial charge on any atom is -0.487 e. The van der Waals surface area contributed by atoms with Gasteiger partial charge in [0, 0.05) is 18.2 Å². The fourth-order valence-corrected chi connectivity index (χ4v) is 2.96. The molecule has 32 heavy (non-hydrogen) atoms. The maximum absolute atomic E-state index is 12.7. The molecule has 2 heterocycles. The van der Waals surface area contributed by atoms with Crippen molar-refractivity contribution in [3.63, 3.8) is 0 Å². The van der Waals surface area contributed by atoms with Crippen molar-refractivity contribution in [1.82, 2.24) is 20.0 Å². The van der Waals surface area contributed by atoms with Gasteiger partial charge in [0.15, 0.2) is 0 Å². The minimum atomic E-state index is -4.42. The highest BCUT2D eigenvalue weighted by molar-refractivity contribution is 5.93. The third-order valence-electron chi connectivity index (χ3n) is 4.67. The maximum Gasteiger partial charge on any atom is 0.416 e. The number of nitrogens with two attached hydrogens (primary N) is 1. The normalized spacial score (nSPS) is 11.5. The molecule has 1 amide bonds. The van der Waals surface area contributed by atoms with E-state index in [-0.39, 0.29) is 24.1 Å². The van der Waals surface area contributed by atoms with Crippen LogP contribution < -0.4 is 10.5 Å². The summed E-state index contributed by atoms with van der Waals surface area (Å²) in [6.45, 7) is 0.00602. The lowest BCUT2D eigenvalue weighted by atomic mass is 10.1. The van der Waals surface area contributed by atoms with Crippen LogP contribution in [0, 0.1) is 0 Å². The second-order valence-electron chi connectivity index (χ2n) is 6.80. The Morgan fingerprint density at radius 3 is 2.53 bits per heavy atom. The average Bonchev–Trinajstić information content (AvgIpc) is 3.39. The van der Waals surface area contributed by atoms with E-state index >= 15 is 0 Å². The lowest BCUT2D eigenvalue weighted by Gasteiger charge is -2.10. The third-order valence-corrected chi connectivity index (χ3v) is 4.67. The summed E-state index contributed by atoms with van der Waals surface area (Å²) in [5, 5.41) is 12.2. The number of carbonyl (C=O) groups is 1. The van der Waals surface area contributed by atoms with Crippen LogP contribution in [0.2, 0.25) is 0 Å². The zero-order chi connectivity index (χ0) is 22.9. The highest BCUT2D eigenvalue weighted by Crippen LogP contribution is 2.31. The molecule has 0 aliphatic heterocycles. The number of ether oxygens (including phenoxy) is 1. The summed E-state index contributed by atoms with van der Waals surface area (Å²) in [5.41, 5.74) is 6.44. The maximum atomic E-state index is 12.7. The number of carbonyl (C=O) groups excluding carboxylic acids is 1. The van der Waals surface area contributed by atoms with Crippen LogP contribution in [0.25, 0.3) is 22.9 Å². The zero-order valence-corrected chi connectivity index (χ0v) is 16.6. The van der Waals surface area contributed by atoms with Crippen LogP contribution in [0.5, 0.6) is 5.75 Å². The Morgan fingerprint density at radius 2 is 1.84 bits per heavy atom. The summed E-state index contributed by atoms with van der Waals surface area (Å²) in [6.07, 6.45) is -2.90. The number of amides is 1. The molecule has 0 aliphatic carbocycles. The fraction of sp³-hybridized carbons (Fsp3) is 0.143. The number of primary amides is 1. The molecule has 0 spiro atoms. The largest absolute Gasteiger partial charge is 0.487 e. The van der Waals surface area contributed by atoms with E-state index in [2.05, 4.69) is 15.3 Å². The Hall–Kier alpha value is -4.15. The molecule has 0 bridgehead atoms. The van der Waals surface area contributed by atoms with Gasteiger partial charge in [0.05, 0.1) is 23.0 Å². The molecular formula is C21H16F3N5O3. The highest BCUT2D eigenvalue weighted by atomic mass is 19.4. The molecule has 0 saturated carbocycles. The van der Waals surface area contributed by atoms with Crippen LogP contribution in [-0.2, 0) is 19.8 Å². The monoisotopic (exact) mass is 443 g/mol. The summed E-state index contributed by atoms with van der Waals surface area (Å²) in [6, 6.07) is 10.8. The molecule has 0 atom stereocenters. The number of hydrogen-bond donors (Lipinski definition) is 1. The summed E-state index contributed by atoms with van der Waals surface area (Å²) in [4.78, 5) is 11.4. The van der Waals surface area contributed by atoms with Gasteiger partial charge in [-0.1, -0.05) is 6.07 Å². The van der Waals surface area contributed by atoms with Gasteiger partial charge < -0.3 is 14.9 Å². The standard InChI is InChI=1S/C21H16F3N5O3/c1-29-17(11-31-15-7-5-14(6-8-15)21(22,23)24)16(10-26-29)20-28-27-19(32-20)13-4-2-3-12(9-13)18(25)30/h2-10H,11H2,1H3,(H2,25,30). The zero-order valence-electron chi connectivity index (χ0n) is 16.6. The first-order valence-electron chi connectivity index (χ1n) is 9.27. The Labute approximate surface area is 179 Å². The van der Waals surface area contributed by atoms with Crippen molar-refractivity contribution >= 4 is 5.91 Å². The lowest BCUT2D eigenvalue weighted by Crippen LogP contribution is -2.10. The van der Waals surface area contributed by atoms with E-state index in [1.54, 1.807) is 25.2 Å². The van der Waals surface area contributed by atoms with Crippen LogP contribution >= 0.6 is 0 Å². The van der Waals surface area contributed by atoms with E-state index in [1.807, 2.05) is 0 Å². The Bertz CT molecular complexity index is 1260. The Morgan fingerprint density at radius 1 is 1.12 bits per heavy atom. The van der Waals surface area contributed by atoms with Crippen molar-refractivity contribution < 1.29 is 27.1 Å². The van der Waals surface area contributed by atoms with Crippen molar-refractivity contribution in [2.75, 3.05) is 0 Å². The van der Waals surface area contributed by atoms with Gasteiger partial charge in [-0.25, -0.2) is 0 Å². The van der Waals surface area contributed by atoms with Crippen molar-refractivity contribution in [2.45, 2.75) is 12.8 Å². The lowest BCUT2D eigenvalue weighted by molar-refractivity contribution is -0.137. The van der Waals surface area contributed by atoms with Crippen molar-refractivity contribution in [3.8, 4) is 28.7 Å². The fourth-order valence-electron chi connectivity index (χ4n) is 2.96. The van der Waals surface area contributed by atoms with Crippen LogP contribution in [0.3, 0.4) is 0 Å². The van der Waals surface area contributed by atoms with Gasteiger partial charge in [-0.05, 0) is 42.5 Å². The molecule has 4 rings (SSSR count). The molecule has 2 N–H and O–H groups in total. The Balaban J connectivity index is 1.55. The smallest absolute Gasteiger partial charge is 0.416 e. The second-order valence-corrected chi connectivity index (χ2v) is 6.80. The van der Waals surface area contributed by atoms with Gasteiger partial charge >= 0.3 is 6.18 Å². The minimum absolute atomic E-state index is 0.00602. The van der Waals surface area contributed by atoms with Crippen LogP contribution in [0.15, 0.2) is 59.1 Å². The first-order chi connectivity index (χ1) is 15.2. The molecule has 0 fully saturated rings. The number of nitrogens with zero attached hydrogens (tertiary/aromatic N) is 4. The predicted octanol–water partition coefficient (Wildman–Crippen LogP) is 3.83. The quantitative estimate of drug-likeness (QED) is 0.485. The Kier molecular flexibility index (Phi) is 5.39. The van der Waals surface area contributed by atoms with Crippen molar-refractivity contribution in [1.29, 1.82) is 0 Å². The summed E-state index contributed by atoms with van der Waals surface area (Å²) in [7, 11) is 1.68. The molecule has 2 aromatic carbocycles. The number of rotatable bonds is 6. The number of aryl methyl sites for hydroxylation is 1. The molecule has 0 unspecified atom stereocenters. The van der Waals surface area contributed by atoms with Crippen molar-refractivity contribution in [3.05, 3.63) is 71.5 Å². The number of hydrogen-bond acceptors (Lipinski definition) is 6. The molecule has 0 radical (unpaired) electrons. The predicted molar refractivity (Wildman–Crippen MR) is 106 cm³/mol. The van der Waals surface area contributed by atoms with Gasteiger partial charge in [-0.2, -0.15) is 18.3 Å². The number of benzene rings is 2. The molecule has 0 aliphatic rings. The number of halogens is 3. The van der Waals surface area contributed by atoms with Gasteiger partial charge in [0.2, 0.25) is 11.8 Å². The molecule has 2 aromatic heterocycles. The molecule has 11 heteroatoms. The van der Waals surface area contributed by atoms with E-state index < -0.39 is 17.6 Å². The van der Waals surface area contributed by atoms with Gasteiger partial charge in [0.25, 0.3) is 5.89 Å². The SMILES string of the molecule is Cn1ncc(-c2nnc(-c3cccc(C(N)=O)c3)o2)c1COc1ccc(C(F)(F)F)cc1. The summed E-state index contributed by atoms with van der Waals surface area (Å²) >= 11 is 0. The molecular weight excluding hydrogens is 427 g/mol. The van der Waals surface area contributed by atoms with Gasteiger partial charge in [0.1, 0.15) is 12.4 Å². The van der Waals surface area contributed by atoms with E-state index in [9.17, 15) is 18.0 Å². The van der Waals surface area contributed by atoms with Gasteiger partial charge in [-0.15, -0.1) is 10.2 Å². The van der Waals surface area contributed by atoms with Crippen LogP contribution in [0.4, 0.5) is 13.2 Å². The van der Waals surface area contributed by atoms with Crippen LogP contribution in [-0.4, -0.2) is 25.9 Å². The molecule has 8 nitrogen and oxygen atoms in total. The summed E-state index contributed by atoms with van der Waals surface area (Å²) < 4.78 is 51.0. The van der Waals surface area contributed by atoms with Gasteiger partial charge in [-0.3, -0.25) is 9.48 Å². The molecule has 164 valence electrons. The van der Waals surface area contributed by atoms with E-state index in [0.717, 1.165) is 12.1 Å². The van der Waals surface area contributed by atoms with E-state index in [4.69, 9.17) is 14.9 Å². The summed E-state index contributed by atoms with van der Waals surface area (Å²) in [5.74, 6) is 0.0337. The molecule has 0 saturated heterocycles. The topological polar surface area (TPSA) is 109 Å². The van der Waals surface area contributed by atoms with Crippen LogP contribution in [0.1, 0.15) is 21.6 Å². The van der Waals surface area contributed by atoms with E-state index in [0.29, 0.717) is 22.4 Å². The first-order valence-corrected chi connectivity index (χ1v) is 9.27. The van der Waals surface area contributed by atoms with Crippen molar-refractivity contribution in [2.24, 2.45) is 12.8 Å². The number of aromatic nitrogens is 4. The second kappa shape index (κ2) is 8.17. The number of alkyl halides is 3. The molecule has 4 aromatic rings. The highest BCUT2D eigenvalue weighted by Gasteiger charge is 2.30. The van der Waals surface area contributed by atoms with E-state index in [1.165, 1.54) is 29.1 Å².